The molecule has 2 heterocycles. The third-order valence-corrected chi connectivity index (χ3v) is 8.35. The summed E-state index contributed by atoms with van der Waals surface area (Å²) < 4.78 is 12.7. The molecule has 5 rings (SSSR count). The summed E-state index contributed by atoms with van der Waals surface area (Å²) in [6.07, 6.45) is 0.816. The van der Waals surface area contributed by atoms with Crippen LogP contribution < -0.4 is 10.1 Å². The van der Waals surface area contributed by atoms with E-state index < -0.39 is 5.97 Å². The minimum Gasteiger partial charge on any atom is -0.493 e. The van der Waals surface area contributed by atoms with Crippen molar-refractivity contribution >= 4 is 46.4 Å². The van der Waals surface area contributed by atoms with E-state index >= 15 is 0 Å². The molecular weight excluding hydrogens is 607 g/mol. The molecule has 220 valence electrons. The van der Waals surface area contributed by atoms with Gasteiger partial charge in [-0.2, -0.15) is 0 Å². The molecule has 10 heteroatoms. The Labute approximate surface area is 263 Å². The molecule has 0 unspecified atom stereocenters. The zero-order valence-electron chi connectivity index (χ0n) is 23.2. The lowest BCUT2D eigenvalue weighted by Gasteiger charge is -2.13. The van der Waals surface area contributed by atoms with Gasteiger partial charge in [-0.3, -0.25) is 9.59 Å². The van der Waals surface area contributed by atoms with Crippen LogP contribution in [-0.4, -0.2) is 28.6 Å². The normalized spacial score (nSPS) is 11.0. The van der Waals surface area contributed by atoms with Crippen LogP contribution in [0.25, 0.3) is 22.6 Å². The summed E-state index contributed by atoms with van der Waals surface area (Å²) in [5.74, 6) is 0.614. The molecule has 0 aliphatic carbocycles. The zero-order chi connectivity index (χ0) is 30.3. The predicted octanol–water partition coefficient (Wildman–Crippen LogP) is 8.25. The van der Waals surface area contributed by atoms with E-state index in [4.69, 9.17) is 42.4 Å². The molecule has 0 atom stereocenters. The number of carboxylic acid groups (broad SMARTS) is 1. The van der Waals surface area contributed by atoms with Gasteiger partial charge >= 0.3 is 5.97 Å². The van der Waals surface area contributed by atoms with Crippen LogP contribution in [0, 0.1) is 6.92 Å². The Hall–Kier alpha value is -4.11. The Balaban J connectivity index is 1.23. The highest BCUT2D eigenvalue weighted by Crippen LogP contribution is 2.31. The fraction of sp³-hybridized carbons (Fsp3) is 0.182. The van der Waals surface area contributed by atoms with E-state index in [0.29, 0.717) is 45.3 Å². The van der Waals surface area contributed by atoms with Crippen LogP contribution in [0.3, 0.4) is 0 Å². The van der Waals surface area contributed by atoms with Gasteiger partial charge < -0.3 is 19.6 Å². The molecule has 0 saturated heterocycles. The molecule has 0 spiro atoms. The van der Waals surface area contributed by atoms with E-state index in [1.165, 1.54) is 6.07 Å². The maximum Gasteiger partial charge on any atom is 0.303 e. The van der Waals surface area contributed by atoms with E-state index in [1.807, 2.05) is 49.4 Å². The van der Waals surface area contributed by atoms with Crippen molar-refractivity contribution in [1.82, 2.24) is 10.3 Å². The van der Waals surface area contributed by atoms with E-state index in [-0.39, 0.29) is 18.9 Å². The number of carboxylic acids is 1. The number of aryl methyl sites for hydroxylation is 2. The SMILES string of the molecule is Cc1oc(-c2ccc(-c3ccccc3)cc2)nc1CCOc1ccc(CCC(=O)O)c(CNC(=O)c2cc(Cl)sc2Cl)c1. The number of nitrogens with one attached hydrogen (secondary N) is 1. The maximum absolute atomic E-state index is 12.7. The van der Waals surface area contributed by atoms with Gasteiger partial charge in [-0.1, -0.05) is 71.7 Å². The summed E-state index contributed by atoms with van der Waals surface area (Å²) in [5.41, 5.74) is 5.82. The number of rotatable bonds is 12. The fourth-order valence-electron chi connectivity index (χ4n) is 4.59. The molecule has 43 heavy (non-hydrogen) atoms. The predicted molar refractivity (Wildman–Crippen MR) is 169 cm³/mol. The second kappa shape index (κ2) is 13.9. The number of halogens is 2. The minimum atomic E-state index is -0.899. The van der Waals surface area contributed by atoms with Crippen molar-refractivity contribution < 1.29 is 23.8 Å². The zero-order valence-corrected chi connectivity index (χ0v) is 25.6. The van der Waals surface area contributed by atoms with Gasteiger partial charge in [-0.05, 0) is 65.9 Å². The van der Waals surface area contributed by atoms with Crippen molar-refractivity contribution in [3.63, 3.8) is 0 Å². The summed E-state index contributed by atoms with van der Waals surface area (Å²) in [5, 5.41) is 12.0. The van der Waals surface area contributed by atoms with E-state index in [0.717, 1.165) is 50.6 Å². The monoisotopic (exact) mass is 634 g/mol. The van der Waals surface area contributed by atoms with Crippen LogP contribution >= 0.6 is 34.5 Å². The van der Waals surface area contributed by atoms with Gasteiger partial charge in [-0.15, -0.1) is 11.3 Å². The number of thiophene rings is 1. The Morgan fingerprint density at radius 1 is 0.930 bits per heavy atom. The Bertz CT molecular complexity index is 1730. The van der Waals surface area contributed by atoms with Crippen molar-refractivity contribution in [3.05, 3.63) is 116 Å². The van der Waals surface area contributed by atoms with Gasteiger partial charge in [0, 0.05) is 24.9 Å². The molecule has 7 nitrogen and oxygen atoms in total. The molecular formula is C33H28Cl2N2O5S. The highest BCUT2D eigenvalue weighted by molar-refractivity contribution is 7.20. The van der Waals surface area contributed by atoms with Crippen LogP contribution in [0.5, 0.6) is 5.75 Å². The fourth-order valence-corrected chi connectivity index (χ4v) is 6.05. The number of carbonyl (C=O) groups is 2. The molecule has 0 aliphatic heterocycles. The summed E-state index contributed by atoms with van der Waals surface area (Å²) in [6.45, 7) is 2.40. The third-order valence-electron chi connectivity index (χ3n) is 6.87. The molecule has 2 aromatic heterocycles. The highest BCUT2D eigenvalue weighted by Gasteiger charge is 2.16. The largest absolute Gasteiger partial charge is 0.493 e. The van der Waals surface area contributed by atoms with Gasteiger partial charge in [0.25, 0.3) is 5.91 Å². The number of oxazole rings is 1. The average Bonchev–Trinajstić information content (AvgIpc) is 3.55. The molecule has 0 bridgehead atoms. The standard InChI is InChI=1S/C33H28Cl2N2O5S/c1-20-28(37-33(42-20)24-9-7-22(8-10-24)21-5-3-2-4-6-21)15-16-41-26-13-11-23(12-14-30(38)39)25(17-26)19-36-32(40)27-18-29(34)43-31(27)35/h2-11,13,17-18H,12,14-16,19H2,1H3,(H,36,40)(H,38,39). The molecule has 0 fully saturated rings. The lowest BCUT2D eigenvalue weighted by molar-refractivity contribution is -0.136. The number of aromatic nitrogens is 1. The lowest BCUT2D eigenvalue weighted by Crippen LogP contribution is -2.23. The first-order chi connectivity index (χ1) is 20.8. The Morgan fingerprint density at radius 3 is 2.35 bits per heavy atom. The number of aliphatic carboxylic acids is 1. The van der Waals surface area contributed by atoms with Crippen molar-refractivity contribution in [1.29, 1.82) is 0 Å². The first-order valence-electron chi connectivity index (χ1n) is 13.6. The first-order valence-corrected chi connectivity index (χ1v) is 15.2. The number of amides is 1. The lowest BCUT2D eigenvalue weighted by atomic mass is 10.0. The number of hydrogen-bond acceptors (Lipinski definition) is 6. The summed E-state index contributed by atoms with van der Waals surface area (Å²) >= 11 is 13.2. The van der Waals surface area contributed by atoms with Crippen molar-refractivity contribution in [2.24, 2.45) is 0 Å². The van der Waals surface area contributed by atoms with Gasteiger partial charge in [0.15, 0.2) is 0 Å². The van der Waals surface area contributed by atoms with Crippen LogP contribution in [0.4, 0.5) is 0 Å². The number of nitrogens with zero attached hydrogens (tertiary/aromatic N) is 1. The number of hydrogen-bond donors (Lipinski definition) is 2. The summed E-state index contributed by atoms with van der Waals surface area (Å²) in [6, 6.07) is 25.2. The quantitative estimate of drug-likeness (QED) is 0.143. The van der Waals surface area contributed by atoms with E-state index in [9.17, 15) is 9.59 Å². The second-order valence-corrected chi connectivity index (χ2v) is 12.1. The van der Waals surface area contributed by atoms with Crippen LogP contribution in [0.15, 0.2) is 83.3 Å². The molecule has 3 aromatic carbocycles. The summed E-state index contributed by atoms with van der Waals surface area (Å²) in [4.78, 5) is 28.6. The number of carbonyl (C=O) groups excluding carboxylic acids is 1. The van der Waals surface area contributed by atoms with E-state index in [1.54, 1.807) is 6.07 Å². The van der Waals surface area contributed by atoms with Gasteiger partial charge in [0.2, 0.25) is 5.89 Å². The van der Waals surface area contributed by atoms with Crippen LogP contribution in [0.2, 0.25) is 8.67 Å². The highest BCUT2D eigenvalue weighted by atomic mass is 35.5. The second-order valence-electron chi connectivity index (χ2n) is 9.81. The topological polar surface area (TPSA) is 102 Å². The number of ether oxygens (including phenoxy) is 1. The first kappa shape index (κ1) is 30.4. The average molecular weight is 636 g/mol. The molecule has 0 aliphatic rings. The third kappa shape index (κ3) is 7.84. The van der Waals surface area contributed by atoms with Gasteiger partial charge in [0.1, 0.15) is 15.8 Å². The van der Waals surface area contributed by atoms with Crippen molar-refractivity contribution in [2.45, 2.75) is 32.7 Å². The smallest absolute Gasteiger partial charge is 0.303 e. The van der Waals surface area contributed by atoms with Gasteiger partial charge in [0.05, 0.1) is 22.2 Å². The van der Waals surface area contributed by atoms with Crippen LogP contribution in [0.1, 0.15) is 39.4 Å². The van der Waals surface area contributed by atoms with Crippen LogP contribution in [-0.2, 0) is 24.2 Å². The molecule has 0 radical (unpaired) electrons. The Morgan fingerprint density at radius 2 is 1.65 bits per heavy atom. The van der Waals surface area contributed by atoms with Gasteiger partial charge in [-0.25, -0.2) is 4.98 Å². The van der Waals surface area contributed by atoms with Crippen molar-refractivity contribution in [2.75, 3.05) is 6.61 Å². The molecule has 0 saturated carbocycles. The Kier molecular flexibility index (Phi) is 9.82. The number of benzene rings is 3. The summed E-state index contributed by atoms with van der Waals surface area (Å²) in [7, 11) is 0. The maximum atomic E-state index is 12.7. The molecule has 1 amide bonds. The van der Waals surface area contributed by atoms with E-state index in [2.05, 4.69) is 29.6 Å². The minimum absolute atomic E-state index is 0.0319. The van der Waals surface area contributed by atoms with Crippen molar-refractivity contribution in [3.8, 4) is 28.3 Å². The molecule has 5 aromatic rings. The molecule has 2 N–H and O–H groups in total.